The highest BCUT2D eigenvalue weighted by Crippen LogP contribution is 2.31. The van der Waals surface area contributed by atoms with Crippen molar-refractivity contribution in [1.29, 1.82) is 0 Å². The van der Waals surface area contributed by atoms with Gasteiger partial charge in [0, 0.05) is 38.2 Å². The lowest BCUT2D eigenvalue weighted by molar-refractivity contribution is -0.116. The maximum absolute atomic E-state index is 11.9. The number of guanidine groups is 1. The summed E-state index contributed by atoms with van der Waals surface area (Å²) in [4.78, 5) is 18.7. The van der Waals surface area contributed by atoms with E-state index >= 15 is 0 Å². The second-order valence-corrected chi connectivity index (χ2v) is 7.45. The van der Waals surface area contributed by atoms with Gasteiger partial charge < -0.3 is 20.9 Å². The molecule has 0 aliphatic carbocycles. The van der Waals surface area contributed by atoms with Crippen molar-refractivity contribution in [2.75, 3.05) is 45.6 Å². The number of piperidine rings is 1. The largest absolute Gasteiger partial charge is 0.356 e. The Morgan fingerprint density at radius 3 is 2.81 bits per heavy atom. The molecule has 0 bridgehead atoms. The first-order chi connectivity index (χ1) is 12.7. The van der Waals surface area contributed by atoms with Gasteiger partial charge in [0.05, 0.1) is 0 Å². The number of carbonyl (C=O) groups excluding carboxylic acids is 1. The van der Waals surface area contributed by atoms with Gasteiger partial charge in [0.15, 0.2) is 5.96 Å². The van der Waals surface area contributed by atoms with Crippen molar-refractivity contribution in [2.24, 2.45) is 10.9 Å². The van der Waals surface area contributed by atoms with E-state index < -0.39 is 0 Å². The number of para-hydroxylation sites is 1. The molecule has 6 nitrogen and oxygen atoms in total. The van der Waals surface area contributed by atoms with Crippen LogP contribution in [0.2, 0.25) is 0 Å². The molecule has 0 saturated carbocycles. The molecule has 6 heteroatoms. The van der Waals surface area contributed by atoms with Crippen molar-refractivity contribution in [3.05, 3.63) is 29.8 Å². The minimum absolute atomic E-state index is 0.0840. The zero-order chi connectivity index (χ0) is 18.4. The average Bonchev–Trinajstić information content (AvgIpc) is 2.65. The Labute approximate surface area is 156 Å². The first kappa shape index (κ1) is 18.7. The summed E-state index contributed by atoms with van der Waals surface area (Å²) >= 11 is 0. The molecule has 1 fully saturated rings. The molecular weight excluding hydrogens is 326 g/mol. The van der Waals surface area contributed by atoms with E-state index in [-0.39, 0.29) is 11.8 Å². The van der Waals surface area contributed by atoms with Gasteiger partial charge in [-0.05, 0) is 56.9 Å². The van der Waals surface area contributed by atoms with E-state index in [9.17, 15) is 4.79 Å². The van der Waals surface area contributed by atoms with Gasteiger partial charge in [-0.25, -0.2) is 0 Å². The second-order valence-electron chi connectivity index (χ2n) is 7.45. The van der Waals surface area contributed by atoms with Crippen LogP contribution in [0.1, 0.15) is 37.2 Å². The summed E-state index contributed by atoms with van der Waals surface area (Å²) in [5, 5.41) is 9.77. The van der Waals surface area contributed by atoms with Gasteiger partial charge in [-0.2, -0.15) is 0 Å². The number of nitrogens with zero attached hydrogens (tertiary/aromatic N) is 2. The van der Waals surface area contributed by atoms with Crippen LogP contribution in [0, 0.1) is 5.92 Å². The van der Waals surface area contributed by atoms with Gasteiger partial charge >= 0.3 is 0 Å². The van der Waals surface area contributed by atoms with Crippen LogP contribution in [-0.4, -0.2) is 57.0 Å². The van der Waals surface area contributed by atoms with Crippen LogP contribution in [0.15, 0.2) is 29.3 Å². The third-order valence-electron chi connectivity index (χ3n) is 5.53. The molecule has 1 atom stereocenters. The molecule has 2 aliphatic heterocycles. The minimum Gasteiger partial charge on any atom is -0.356 e. The van der Waals surface area contributed by atoms with Crippen molar-refractivity contribution < 1.29 is 4.79 Å². The summed E-state index contributed by atoms with van der Waals surface area (Å²) in [6.07, 6.45) is 4.27. The summed E-state index contributed by atoms with van der Waals surface area (Å²) in [7, 11) is 4.00. The molecule has 1 saturated heterocycles. The number of fused-ring (bicyclic) bond motifs is 1. The van der Waals surface area contributed by atoms with Crippen LogP contribution >= 0.6 is 0 Å². The lowest BCUT2D eigenvalue weighted by atomic mass is 9.90. The molecule has 1 aromatic rings. The fraction of sp³-hybridized carbons (Fsp3) is 0.600. The smallest absolute Gasteiger partial charge is 0.225 e. The summed E-state index contributed by atoms with van der Waals surface area (Å²) < 4.78 is 0. The Hall–Kier alpha value is -2.08. The molecule has 0 aromatic heterocycles. The maximum Gasteiger partial charge on any atom is 0.225 e. The Kier molecular flexibility index (Phi) is 6.50. The van der Waals surface area contributed by atoms with E-state index in [2.05, 4.69) is 39.0 Å². The van der Waals surface area contributed by atoms with Crippen molar-refractivity contribution in [1.82, 2.24) is 15.5 Å². The van der Waals surface area contributed by atoms with Crippen LogP contribution in [0.4, 0.5) is 5.69 Å². The van der Waals surface area contributed by atoms with Gasteiger partial charge in [0.25, 0.3) is 0 Å². The maximum atomic E-state index is 11.9. The van der Waals surface area contributed by atoms with E-state index in [0.717, 1.165) is 24.1 Å². The van der Waals surface area contributed by atoms with Crippen LogP contribution in [0.5, 0.6) is 0 Å². The number of rotatable bonds is 5. The SMILES string of the molecule is CN=C(NCCC1CCN(C)CC1)NCC1CC(=O)Nc2ccccc21. The number of amides is 1. The fourth-order valence-corrected chi connectivity index (χ4v) is 3.87. The van der Waals surface area contributed by atoms with Crippen molar-refractivity contribution >= 4 is 17.6 Å². The number of aliphatic imine (C=N–C) groups is 1. The van der Waals surface area contributed by atoms with Crippen LogP contribution < -0.4 is 16.0 Å². The van der Waals surface area contributed by atoms with Gasteiger partial charge in [-0.15, -0.1) is 0 Å². The Bertz CT molecular complexity index is 637. The Morgan fingerprint density at radius 1 is 1.27 bits per heavy atom. The van der Waals surface area contributed by atoms with E-state index in [1.54, 1.807) is 7.05 Å². The first-order valence-corrected chi connectivity index (χ1v) is 9.67. The molecule has 1 unspecified atom stereocenters. The highest BCUT2D eigenvalue weighted by Gasteiger charge is 2.24. The van der Waals surface area contributed by atoms with Gasteiger partial charge in [0.2, 0.25) is 5.91 Å². The predicted molar refractivity (Wildman–Crippen MR) is 107 cm³/mol. The topological polar surface area (TPSA) is 68.8 Å². The molecule has 1 aromatic carbocycles. The minimum atomic E-state index is 0.0840. The molecule has 3 rings (SSSR count). The number of benzene rings is 1. The van der Waals surface area contributed by atoms with Crippen LogP contribution in [-0.2, 0) is 4.79 Å². The Balaban J connectivity index is 1.45. The molecule has 26 heavy (non-hydrogen) atoms. The average molecular weight is 358 g/mol. The molecular formula is C20H31N5O. The third kappa shape index (κ3) is 4.97. The van der Waals surface area contributed by atoms with E-state index in [0.29, 0.717) is 13.0 Å². The molecule has 2 aliphatic rings. The summed E-state index contributed by atoms with van der Waals surface area (Å²) in [5.41, 5.74) is 2.13. The van der Waals surface area contributed by atoms with Gasteiger partial charge in [-0.3, -0.25) is 9.79 Å². The molecule has 142 valence electrons. The van der Waals surface area contributed by atoms with E-state index in [4.69, 9.17) is 0 Å². The molecule has 0 spiro atoms. The number of carbonyl (C=O) groups is 1. The molecule has 0 radical (unpaired) electrons. The first-order valence-electron chi connectivity index (χ1n) is 9.67. The van der Waals surface area contributed by atoms with Crippen molar-refractivity contribution in [3.8, 4) is 0 Å². The summed E-state index contributed by atoms with van der Waals surface area (Å²) in [6, 6.07) is 8.04. The van der Waals surface area contributed by atoms with E-state index in [1.807, 2.05) is 18.2 Å². The zero-order valence-electron chi connectivity index (χ0n) is 15.9. The zero-order valence-corrected chi connectivity index (χ0v) is 15.9. The lowest BCUT2D eigenvalue weighted by Crippen LogP contribution is -2.41. The predicted octanol–water partition coefficient (Wildman–Crippen LogP) is 2.01. The number of likely N-dealkylation sites (tertiary alicyclic amines) is 1. The number of nitrogens with one attached hydrogen (secondary N) is 3. The van der Waals surface area contributed by atoms with Crippen molar-refractivity contribution in [2.45, 2.75) is 31.6 Å². The third-order valence-corrected chi connectivity index (χ3v) is 5.53. The summed E-state index contributed by atoms with van der Waals surface area (Å²) in [6.45, 7) is 4.07. The van der Waals surface area contributed by atoms with Crippen LogP contribution in [0.25, 0.3) is 0 Å². The monoisotopic (exact) mass is 357 g/mol. The fourth-order valence-electron chi connectivity index (χ4n) is 3.87. The highest BCUT2D eigenvalue weighted by molar-refractivity contribution is 5.94. The number of hydrogen-bond acceptors (Lipinski definition) is 3. The van der Waals surface area contributed by atoms with E-state index in [1.165, 1.54) is 37.9 Å². The van der Waals surface area contributed by atoms with Gasteiger partial charge in [-0.1, -0.05) is 18.2 Å². The second kappa shape index (κ2) is 9.03. The number of anilines is 1. The summed E-state index contributed by atoms with van der Waals surface area (Å²) in [5.74, 6) is 1.89. The normalized spacial score (nSPS) is 21.8. The molecule has 3 N–H and O–H groups in total. The highest BCUT2D eigenvalue weighted by atomic mass is 16.1. The van der Waals surface area contributed by atoms with Gasteiger partial charge in [0.1, 0.15) is 0 Å². The van der Waals surface area contributed by atoms with Crippen LogP contribution in [0.3, 0.4) is 0 Å². The standard InChI is InChI=1S/C20H31N5O/c1-21-20(22-10-7-15-8-11-25(2)12-9-15)23-14-16-13-19(26)24-18-6-4-3-5-17(16)18/h3-6,15-16H,7-14H2,1-2H3,(H,24,26)(H2,21,22,23). The van der Waals surface area contributed by atoms with Crippen molar-refractivity contribution in [3.63, 3.8) is 0 Å². The number of hydrogen-bond donors (Lipinski definition) is 3. The Morgan fingerprint density at radius 2 is 2.04 bits per heavy atom. The molecule has 2 heterocycles. The molecule has 1 amide bonds. The quantitative estimate of drug-likeness (QED) is 0.557. The lowest BCUT2D eigenvalue weighted by Gasteiger charge is -2.29.